The molecule has 0 saturated heterocycles. The van der Waals surface area contributed by atoms with Crippen molar-refractivity contribution in [2.24, 2.45) is 0 Å². The molecule has 3 nitrogen and oxygen atoms in total. The van der Waals surface area contributed by atoms with Crippen LogP contribution >= 0.6 is 0 Å². The molecule has 1 rings (SSSR count). The van der Waals surface area contributed by atoms with E-state index >= 15 is 0 Å². The Balaban J connectivity index is 3.39. The Labute approximate surface area is 84.0 Å². The average Bonchev–Trinajstić information content (AvgIpc) is 2.17. The van der Waals surface area contributed by atoms with Crippen molar-refractivity contribution < 1.29 is 14.9 Å². The standard InChI is InChI=1S/C11H16O3/c1-4-8-10(14-3)5-7(2)9(6-12)11(8)13/h5,12-13H,4,6H2,1-3H3. The van der Waals surface area contributed by atoms with Gasteiger partial charge in [0.1, 0.15) is 11.5 Å². The van der Waals surface area contributed by atoms with Gasteiger partial charge in [-0.1, -0.05) is 6.92 Å². The van der Waals surface area contributed by atoms with Gasteiger partial charge in [-0.3, -0.25) is 0 Å². The molecule has 1 aromatic rings. The first-order valence-corrected chi connectivity index (χ1v) is 4.64. The summed E-state index contributed by atoms with van der Waals surface area (Å²) < 4.78 is 5.16. The molecule has 3 heteroatoms. The van der Waals surface area contributed by atoms with E-state index in [-0.39, 0.29) is 12.4 Å². The summed E-state index contributed by atoms with van der Waals surface area (Å²) in [7, 11) is 1.58. The number of methoxy groups -OCH3 is 1. The van der Waals surface area contributed by atoms with Crippen LogP contribution in [0.15, 0.2) is 6.07 Å². The van der Waals surface area contributed by atoms with E-state index in [0.717, 1.165) is 11.1 Å². The SMILES string of the molecule is CCc1c(OC)cc(C)c(CO)c1O. The zero-order valence-corrected chi connectivity index (χ0v) is 8.79. The molecule has 0 amide bonds. The van der Waals surface area contributed by atoms with Gasteiger partial charge < -0.3 is 14.9 Å². The predicted octanol–water partition coefficient (Wildman–Crippen LogP) is 1.76. The molecule has 0 bridgehead atoms. The van der Waals surface area contributed by atoms with Gasteiger partial charge in [0.25, 0.3) is 0 Å². The van der Waals surface area contributed by atoms with Gasteiger partial charge in [0.15, 0.2) is 0 Å². The van der Waals surface area contributed by atoms with E-state index in [0.29, 0.717) is 17.7 Å². The molecule has 14 heavy (non-hydrogen) atoms. The Morgan fingerprint density at radius 3 is 2.43 bits per heavy atom. The van der Waals surface area contributed by atoms with Gasteiger partial charge in [-0.25, -0.2) is 0 Å². The van der Waals surface area contributed by atoms with Crippen LogP contribution in [-0.2, 0) is 13.0 Å². The monoisotopic (exact) mass is 196 g/mol. The fourth-order valence-corrected chi connectivity index (χ4v) is 1.58. The first-order chi connectivity index (χ1) is 6.65. The number of aliphatic hydroxyl groups is 1. The predicted molar refractivity (Wildman–Crippen MR) is 54.7 cm³/mol. The molecule has 0 radical (unpaired) electrons. The van der Waals surface area contributed by atoms with Gasteiger partial charge in [-0.15, -0.1) is 0 Å². The second-order valence-corrected chi connectivity index (χ2v) is 3.21. The zero-order chi connectivity index (χ0) is 10.7. The third-order valence-electron chi connectivity index (χ3n) is 2.42. The van der Waals surface area contributed by atoms with Crippen LogP contribution in [0.3, 0.4) is 0 Å². The Hall–Kier alpha value is -1.22. The number of ether oxygens (including phenoxy) is 1. The molecular weight excluding hydrogens is 180 g/mol. The second kappa shape index (κ2) is 4.33. The number of phenols is 1. The zero-order valence-electron chi connectivity index (χ0n) is 8.79. The molecule has 0 aliphatic rings. The van der Waals surface area contributed by atoms with Crippen LogP contribution in [-0.4, -0.2) is 17.3 Å². The van der Waals surface area contributed by atoms with Crippen molar-refractivity contribution in [3.8, 4) is 11.5 Å². The molecule has 0 spiro atoms. The van der Waals surface area contributed by atoms with Crippen molar-refractivity contribution in [1.82, 2.24) is 0 Å². The molecule has 0 fully saturated rings. The van der Waals surface area contributed by atoms with Gasteiger partial charge in [-0.2, -0.15) is 0 Å². The quantitative estimate of drug-likeness (QED) is 0.774. The topological polar surface area (TPSA) is 49.7 Å². The van der Waals surface area contributed by atoms with Crippen LogP contribution in [0.1, 0.15) is 23.6 Å². The van der Waals surface area contributed by atoms with Crippen molar-refractivity contribution in [3.05, 3.63) is 22.8 Å². The molecule has 0 aromatic heterocycles. The number of rotatable bonds is 3. The molecule has 2 N–H and O–H groups in total. The van der Waals surface area contributed by atoms with E-state index in [1.54, 1.807) is 7.11 Å². The molecular formula is C11H16O3. The van der Waals surface area contributed by atoms with Crippen molar-refractivity contribution in [2.45, 2.75) is 26.9 Å². The lowest BCUT2D eigenvalue weighted by Gasteiger charge is -2.14. The maximum absolute atomic E-state index is 9.84. The van der Waals surface area contributed by atoms with Crippen LogP contribution < -0.4 is 4.74 Å². The highest BCUT2D eigenvalue weighted by Crippen LogP contribution is 2.34. The van der Waals surface area contributed by atoms with E-state index in [2.05, 4.69) is 0 Å². The van der Waals surface area contributed by atoms with Crippen molar-refractivity contribution in [3.63, 3.8) is 0 Å². The van der Waals surface area contributed by atoms with E-state index in [4.69, 9.17) is 9.84 Å². The minimum atomic E-state index is -0.144. The fourth-order valence-electron chi connectivity index (χ4n) is 1.58. The third-order valence-corrected chi connectivity index (χ3v) is 2.42. The van der Waals surface area contributed by atoms with Gasteiger partial charge >= 0.3 is 0 Å². The van der Waals surface area contributed by atoms with Crippen LogP contribution in [0.5, 0.6) is 11.5 Å². The number of aliphatic hydroxyl groups excluding tert-OH is 1. The van der Waals surface area contributed by atoms with Crippen LogP contribution in [0.2, 0.25) is 0 Å². The summed E-state index contributed by atoms with van der Waals surface area (Å²) in [5, 5.41) is 18.9. The Morgan fingerprint density at radius 2 is 2.00 bits per heavy atom. The maximum Gasteiger partial charge on any atom is 0.128 e. The number of aryl methyl sites for hydroxylation is 1. The summed E-state index contributed by atoms with van der Waals surface area (Å²) in [6.45, 7) is 3.63. The summed E-state index contributed by atoms with van der Waals surface area (Å²) in [6, 6.07) is 1.84. The minimum absolute atomic E-state index is 0.144. The molecule has 78 valence electrons. The molecule has 0 aliphatic carbocycles. The molecule has 0 saturated carbocycles. The van der Waals surface area contributed by atoms with E-state index in [9.17, 15) is 5.11 Å². The highest BCUT2D eigenvalue weighted by atomic mass is 16.5. The lowest BCUT2D eigenvalue weighted by molar-refractivity contribution is 0.273. The summed E-state index contributed by atoms with van der Waals surface area (Å²) >= 11 is 0. The molecule has 0 aliphatic heterocycles. The number of aromatic hydroxyl groups is 1. The normalized spacial score (nSPS) is 10.3. The summed E-state index contributed by atoms with van der Waals surface area (Å²) in [5.41, 5.74) is 2.18. The van der Waals surface area contributed by atoms with Crippen molar-refractivity contribution >= 4 is 0 Å². The molecule has 1 aromatic carbocycles. The molecule has 0 unspecified atom stereocenters. The van der Waals surface area contributed by atoms with Gasteiger partial charge in [0, 0.05) is 11.1 Å². The Bertz CT molecular complexity index is 332. The van der Waals surface area contributed by atoms with Crippen LogP contribution in [0.25, 0.3) is 0 Å². The number of hydrogen-bond acceptors (Lipinski definition) is 3. The van der Waals surface area contributed by atoms with Gasteiger partial charge in [-0.05, 0) is 25.0 Å². The largest absolute Gasteiger partial charge is 0.507 e. The fraction of sp³-hybridized carbons (Fsp3) is 0.455. The minimum Gasteiger partial charge on any atom is -0.507 e. The first kappa shape index (κ1) is 10.9. The van der Waals surface area contributed by atoms with Crippen LogP contribution in [0, 0.1) is 6.92 Å². The van der Waals surface area contributed by atoms with E-state index < -0.39 is 0 Å². The lowest BCUT2D eigenvalue weighted by Crippen LogP contribution is -1.98. The summed E-state index contributed by atoms with van der Waals surface area (Å²) in [4.78, 5) is 0. The maximum atomic E-state index is 9.84. The van der Waals surface area contributed by atoms with Crippen molar-refractivity contribution in [2.75, 3.05) is 7.11 Å². The molecule has 0 heterocycles. The van der Waals surface area contributed by atoms with Crippen LogP contribution in [0.4, 0.5) is 0 Å². The summed E-state index contributed by atoms with van der Waals surface area (Å²) in [5.74, 6) is 0.839. The lowest BCUT2D eigenvalue weighted by atomic mass is 10.0. The number of hydrogen-bond donors (Lipinski definition) is 2. The third kappa shape index (κ3) is 1.68. The Morgan fingerprint density at radius 1 is 1.36 bits per heavy atom. The Kier molecular flexibility index (Phi) is 3.36. The highest BCUT2D eigenvalue weighted by molar-refractivity contribution is 5.52. The van der Waals surface area contributed by atoms with Crippen molar-refractivity contribution in [1.29, 1.82) is 0 Å². The van der Waals surface area contributed by atoms with E-state index in [1.807, 2.05) is 19.9 Å². The smallest absolute Gasteiger partial charge is 0.128 e. The molecule has 0 atom stereocenters. The van der Waals surface area contributed by atoms with Gasteiger partial charge in [0.05, 0.1) is 13.7 Å². The second-order valence-electron chi connectivity index (χ2n) is 3.21. The summed E-state index contributed by atoms with van der Waals surface area (Å²) in [6.07, 6.45) is 0.683. The highest BCUT2D eigenvalue weighted by Gasteiger charge is 2.13. The first-order valence-electron chi connectivity index (χ1n) is 4.64. The average molecular weight is 196 g/mol. The van der Waals surface area contributed by atoms with Gasteiger partial charge in [0.2, 0.25) is 0 Å². The van der Waals surface area contributed by atoms with E-state index in [1.165, 1.54) is 0 Å². The number of benzene rings is 1.